The van der Waals surface area contributed by atoms with Crippen molar-refractivity contribution in [2.24, 2.45) is 5.92 Å². The molecule has 4 atom stereocenters. The van der Waals surface area contributed by atoms with E-state index in [4.69, 9.17) is 14.2 Å². The molecule has 1 aliphatic carbocycles. The molecule has 0 aromatic heterocycles. The Morgan fingerprint density at radius 1 is 1.47 bits per heavy atom. The monoisotopic (exact) mass is 240 g/mol. The molecule has 0 radical (unpaired) electrons. The van der Waals surface area contributed by atoms with E-state index in [2.05, 4.69) is 6.58 Å². The Balaban J connectivity index is 2.08. The highest BCUT2D eigenvalue weighted by Crippen LogP contribution is 2.38. The maximum atomic E-state index is 11.5. The van der Waals surface area contributed by atoms with Crippen LogP contribution in [0.5, 0.6) is 0 Å². The maximum absolute atomic E-state index is 11.5. The smallest absolute Gasteiger partial charge is 0.333 e. The predicted octanol–water partition coefficient (Wildman–Crippen LogP) is 0.825. The molecule has 1 aliphatic heterocycles. The van der Waals surface area contributed by atoms with Crippen LogP contribution in [0.15, 0.2) is 12.2 Å². The minimum Gasteiger partial charge on any atom is -0.455 e. The normalized spacial score (nSPS) is 35.3. The molecule has 2 rings (SSSR count). The molecule has 5 heteroatoms. The number of hydrogen-bond acceptors (Lipinski definition) is 5. The lowest BCUT2D eigenvalue weighted by Gasteiger charge is -2.31. The van der Waals surface area contributed by atoms with E-state index in [1.54, 1.807) is 6.92 Å². The van der Waals surface area contributed by atoms with E-state index in [1.807, 2.05) is 0 Å². The highest BCUT2D eigenvalue weighted by molar-refractivity contribution is 5.87. The minimum absolute atomic E-state index is 0.218. The van der Waals surface area contributed by atoms with Crippen LogP contribution in [0.1, 0.15) is 19.8 Å². The summed E-state index contributed by atoms with van der Waals surface area (Å²) in [6.45, 7) is 5.11. The van der Waals surface area contributed by atoms with E-state index < -0.39 is 18.2 Å². The van der Waals surface area contributed by atoms with Crippen LogP contribution >= 0.6 is 0 Å². The lowest BCUT2D eigenvalue weighted by molar-refractivity contribution is -0.162. The number of carbonyl (C=O) groups is 2. The number of rotatable bonds is 3. The van der Waals surface area contributed by atoms with Crippen molar-refractivity contribution in [1.82, 2.24) is 0 Å². The van der Waals surface area contributed by atoms with Crippen LogP contribution in [0.4, 0.5) is 0 Å². The van der Waals surface area contributed by atoms with E-state index in [1.165, 1.54) is 7.11 Å². The van der Waals surface area contributed by atoms with Crippen LogP contribution in [0, 0.1) is 5.92 Å². The first-order valence-corrected chi connectivity index (χ1v) is 5.64. The molecule has 5 nitrogen and oxygen atoms in total. The van der Waals surface area contributed by atoms with Gasteiger partial charge < -0.3 is 14.2 Å². The Hall–Kier alpha value is -1.36. The molecular formula is C12H16O5. The van der Waals surface area contributed by atoms with Gasteiger partial charge in [-0.25, -0.2) is 4.79 Å². The van der Waals surface area contributed by atoms with Crippen molar-refractivity contribution in [3.63, 3.8) is 0 Å². The molecule has 0 amide bonds. The van der Waals surface area contributed by atoms with Gasteiger partial charge in [-0.15, -0.1) is 0 Å². The minimum atomic E-state index is -0.477. The fourth-order valence-electron chi connectivity index (χ4n) is 2.39. The van der Waals surface area contributed by atoms with Gasteiger partial charge in [0.05, 0.1) is 5.92 Å². The van der Waals surface area contributed by atoms with Crippen molar-refractivity contribution in [1.29, 1.82) is 0 Å². The predicted molar refractivity (Wildman–Crippen MR) is 58.1 cm³/mol. The summed E-state index contributed by atoms with van der Waals surface area (Å²) in [5, 5.41) is 0. The van der Waals surface area contributed by atoms with Crippen LogP contribution < -0.4 is 0 Å². The second-order valence-corrected chi connectivity index (χ2v) is 4.51. The third-order valence-electron chi connectivity index (χ3n) is 3.28. The van der Waals surface area contributed by atoms with Gasteiger partial charge in [-0.3, -0.25) is 4.79 Å². The number of esters is 2. The number of hydrogen-bond donors (Lipinski definition) is 0. The van der Waals surface area contributed by atoms with Crippen LogP contribution in [-0.4, -0.2) is 37.4 Å². The van der Waals surface area contributed by atoms with E-state index in [0.29, 0.717) is 18.4 Å². The first-order valence-electron chi connectivity index (χ1n) is 5.64. The number of methoxy groups -OCH3 is 1. The molecule has 94 valence electrons. The quantitative estimate of drug-likeness (QED) is 0.540. The van der Waals surface area contributed by atoms with Gasteiger partial charge >= 0.3 is 11.9 Å². The summed E-state index contributed by atoms with van der Waals surface area (Å²) >= 11 is 0. The third-order valence-corrected chi connectivity index (χ3v) is 3.28. The fourth-order valence-corrected chi connectivity index (χ4v) is 2.39. The largest absolute Gasteiger partial charge is 0.455 e. The number of ether oxygens (including phenoxy) is 3. The molecule has 1 saturated carbocycles. The lowest BCUT2D eigenvalue weighted by Crippen LogP contribution is -2.44. The zero-order valence-electron chi connectivity index (χ0n) is 9.97. The summed E-state index contributed by atoms with van der Waals surface area (Å²) in [7, 11) is 1.54. The molecule has 2 aliphatic rings. The summed E-state index contributed by atoms with van der Waals surface area (Å²) in [6, 6.07) is 0. The van der Waals surface area contributed by atoms with Crippen LogP contribution in [0.3, 0.4) is 0 Å². The van der Waals surface area contributed by atoms with Crippen molar-refractivity contribution in [3.8, 4) is 0 Å². The van der Waals surface area contributed by atoms with E-state index in [9.17, 15) is 9.59 Å². The molecule has 1 heterocycles. The number of carbonyl (C=O) groups excluding carboxylic acids is 2. The molecule has 0 spiro atoms. The molecule has 4 unspecified atom stereocenters. The SMILES string of the molecule is C=C(C)C(=O)OC1CCC2C(=O)OC1C2OC. The third kappa shape index (κ3) is 2.07. The summed E-state index contributed by atoms with van der Waals surface area (Å²) < 4.78 is 15.7. The first-order chi connectivity index (χ1) is 8.04. The molecule has 1 saturated heterocycles. The Morgan fingerprint density at radius 3 is 2.76 bits per heavy atom. The average molecular weight is 240 g/mol. The lowest BCUT2D eigenvalue weighted by atomic mass is 9.85. The van der Waals surface area contributed by atoms with Crippen LogP contribution in [-0.2, 0) is 23.8 Å². The summed E-state index contributed by atoms with van der Waals surface area (Å²) in [5.41, 5.74) is 0.338. The first kappa shape index (κ1) is 12.1. The highest BCUT2D eigenvalue weighted by atomic mass is 16.6. The van der Waals surface area contributed by atoms with E-state index in [0.717, 1.165) is 0 Å². The van der Waals surface area contributed by atoms with Crippen molar-refractivity contribution >= 4 is 11.9 Å². The summed E-state index contributed by atoms with van der Waals surface area (Å²) in [6.07, 6.45) is 0.0441. The second-order valence-electron chi connectivity index (χ2n) is 4.51. The Bertz CT molecular complexity index is 362. The highest BCUT2D eigenvalue weighted by Gasteiger charge is 2.53. The Kier molecular flexibility index (Phi) is 3.19. The standard InChI is InChI=1S/C12H16O5/c1-6(2)11(13)16-8-5-4-7-9(15-3)10(8)17-12(7)14/h7-10H,1,4-5H2,2-3H3. The maximum Gasteiger partial charge on any atom is 0.333 e. The zero-order chi connectivity index (χ0) is 12.6. The van der Waals surface area contributed by atoms with Gasteiger partial charge in [-0.1, -0.05) is 6.58 Å². The van der Waals surface area contributed by atoms with E-state index in [-0.39, 0.29) is 18.0 Å². The molecular weight excluding hydrogens is 224 g/mol. The molecule has 0 aromatic carbocycles. The van der Waals surface area contributed by atoms with Crippen molar-refractivity contribution < 1.29 is 23.8 Å². The zero-order valence-corrected chi connectivity index (χ0v) is 9.97. The van der Waals surface area contributed by atoms with Gasteiger partial charge in [-0.05, 0) is 19.8 Å². The topological polar surface area (TPSA) is 61.8 Å². The van der Waals surface area contributed by atoms with E-state index >= 15 is 0 Å². The van der Waals surface area contributed by atoms with Crippen LogP contribution in [0.25, 0.3) is 0 Å². The van der Waals surface area contributed by atoms with Gasteiger partial charge in [0.15, 0.2) is 6.10 Å². The van der Waals surface area contributed by atoms with Gasteiger partial charge in [0, 0.05) is 12.7 Å². The molecule has 0 aromatic rings. The molecule has 2 bridgehead atoms. The Morgan fingerprint density at radius 2 is 2.18 bits per heavy atom. The molecule has 2 fully saturated rings. The molecule has 0 N–H and O–H groups in total. The van der Waals surface area contributed by atoms with Gasteiger partial charge in [0.1, 0.15) is 12.2 Å². The van der Waals surface area contributed by atoms with Gasteiger partial charge in [0.2, 0.25) is 0 Å². The average Bonchev–Trinajstić information content (AvgIpc) is 2.52. The van der Waals surface area contributed by atoms with Crippen molar-refractivity contribution in [2.45, 2.75) is 38.1 Å². The summed E-state index contributed by atoms with van der Waals surface area (Å²) in [5.74, 6) is -0.924. The van der Waals surface area contributed by atoms with Crippen LogP contribution in [0.2, 0.25) is 0 Å². The van der Waals surface area contributed by atoms with Crippen molar-refractivity contribution in [3.05, 3.63) is 12.2 Å². The second kappa shape index (κ2) is 4.49. The fraction of sp³-hybridized carbons (Fsp3) is 0.667. The Labute approximate surface area is 99.7 Å². The number of fused-ring (bicyclic) bond motifs is 2. The van der Waals surface area contributed by atoms with Gasteiger partial charge in [0.25, 0.3) is 0 Å². The summed E-state index contributed by atoms with van der Waals surface area (Å²) in [4.78, 5) is 23.0. The molecule has 17 heavy (non-hydrogen) atoms. The van der Waals surface area contributed by atoms with Crippen molar-refractivity contribution in [2.75, 3.05) is 7.11 Å². The van der Waals surface area contributed by atoms with Gasteiger partial charge in [-0.2, -0.15) is 0 Å².